The van der Waals surface area contributed by atoms with Crippen molar-refractivity contribution in [2.75, 3.05) is 50.5 Å². The van der Waals surface area contributed by atoms with Gasteiger partial charge in [-0.1, -0.05) is 23.7 Å². The highest BCUT2D eigenvalue weighted by Gasteiger charge is 2.19. The number of methoxy groups -OCH3 is 1. The van der Waals surface area contributed by atoms with Crippen LogP contribution in [0.1, 0.15) is 12.0 Å². The van der Waals surface area contributed by atoms with Gasteiger partial charge in [0.25, 0.3) is 0 Å². The van der Waals surface area contributed by atoms with Gasteiger partial charge in [-0.05, 0) is 49.2 Å². The number of para-hydroxylation sites is 2. The van der Waals surface area contributed by atoms with E-state index in [9.17, 15) is 0 Å². The molecule has 2 aromatic rings. The van der Waals surface area contributed by atoms with E-state index >= 15 is 0 Å². The molecule has 1 aliphatic heterocycles. The van der Waals surface area contributed by atoms with E-state index in [1.165, 1.54) is 5.69 Å². The smallest absolute Gasteiger partial charge is 0.142 e. The van der Waals surface area contributed by atoms with Crippen LogP contribution < -0.4 is 15.4 Å². The predicted octanol–water partition coefficient (Wildman–Crippen LogP) is 3.97. The summed E-state index contributed by atoms with van der Waals surface area (Å²) in [6, 6.07) is 11.9. The number of nitrogens with two attached hydrogens (primary N) is 1. The first-order valence-electron chi connectivity index (χ1n) is 8.95. The summed E-state index contributed by atoms with van der Waals surface area (Å²) in [6.07, 6.45) is 1.99. The first-order chi connectivity index (χ1) is 12.6. The molecule has 1 saturated heterocycles. The minimum Gasteiger partial charge on any atom is -0.495 e. The van der Waals surface area contributed by atoms with Gasteiger partial charge >= 0.3 is 0 Å². The lowest BCUT2D eigenvalue weighted by Gasteiger charge is -2.36. The summed E-state index contributed by atoms with van der Waals surface area (Å²) in [5, 5.41) is 0.642. The molecule has 0 radical (unpaired) electrons. The molecule has 0 saturated carbocycles. The standard InChI is InChI=1S/C20H26ClN3OS/c1-25-19-7-3-2-6-18(19)24-11-9-23(10-12-24)8-4-5-16-17(22)13-15(21)14-20(16)26/h2-3,6-7,13-14,26H,4-5,8-12,22H2,1H3. The van der Waals surface area contributed by atoms with Gasteiger partial charge in [-0.15, -0.1) is 12.6 Å². The summed E-state index contributed by atoms with van der Waals surface area (Å²) in [6.45, 7) is 5.21. The third-order valence-corrected chi connectivity index (χ3v) is 5.54. The molecule has 0 atom stereocenters. The molecule has 0 aromatic heterocycles. The van der Waals surface area contributed by atoms with E-state index in [4.69, 9.17) is 22.1 Å². The van der Waals surface area contributed by atoms with E-state index in [2.05, 4.69) is 34.6 Å². The van der Waals surface area contributed by atoms with E-state index in [1.807, 2.05) is 24.3 Å². The molecule has 4 nitrogen and oxygen atoms in total. The Bertz CT molecular complexity index is 725. The Labute approximate surface area is 166 Å². The van der Waals surface area contributed by atoms with Crippen molar-refractivity contribution in [3.63, 3.8) is 0 Å². The van der Waals surface area contributed by atoms with Crippen molar-refractivity contribution in [2.45, 2.75) is 17.7 Å². The maximum Gasteiger partial charge on any atom is 0.142 e. The molecule has 2 N–H and O–H groups in total. The summed E-state index contributed by atoms with van der Waals surface area (Å²) in [5.41, 5.74) is 9.11. The summed E-state index contributed by atoms with van der Waals surface area (Å²) in [7, 11) is 1.73. The first-order valence-corrected chi connectivity index (χ1v) is 9.78. The SMILES string of the molecule is COc1ccccc1N1CCN(CCCc2c(N)cc(Cl)cc2S)CC1. The molecular formula is C20H26ClN3OS. The van der Waals surface area contributed by atoms with Crippen LogP contribution in [-0.2, 0) is 6.42 Å². The average molecular weight is 392 g/mol. The van der Waals surface area contributed by atoms with Crippen LogP contribution in [0.4, 0.5) is 11.4 Å². The fourth-order valence-corrected chi connectivity index (χ4v) is 4.18. The van der Waals surface area contributed by atoms with Crippen molar-refractivity contribution >= 4 is 35.6 Å². The molecule has 0 amide bonds. The van der Waals surface area contributed by atoms with Crippen molar-refractivity contribution < 1.29 is 4.74 Å². The average Bonchev–Trinajstić information content (AvgIpc) is 2.64. The predicted molar refractivity (Wildman–Crippen MR) is 113 cm³/mol. The number of thiol groups is 1. The number of rotatable bonds is 6. The van der Waals surface area contributed by atoms with Gasteiger partial charge in [0.05, 0.1) is 12.8 Å². The van der Waals surface area contributed by atoms with Gasteiger partial charge in [0, 0.05) is 41.8 Å². The molecule has 1 aliphatic rings. The minimum atomic E-state index is 0.642. The molecule has 0 unspecified atom stereocenters. The maximum atomic E-state index is 6.09. The topological polar surface area (TPSA) is 41.7 Å². The van der Waals surface area contributed by atoms with E-state index < -0.39 is 0 Å². The minimum absolute atomic E-state index is 0.642. The number of benzene rings is 2. The van der Waals surface area contributed by atoms with Crippen LogP contribution in [0.3, 0.4) is 0 Å². The molecule has 6 heteroatoms. The molecule has 0 aliphatic carbocycles. The van der Waals surface area contributed by atoms with Crippen LogP contribution in [0.25, 0.3) is 0 Å². The van der Waals surface area contributed by atoms with Crippen LogP contribution in [0.15, 0.2) is 41.3 Å². The number of halogens is 1. The number of anilines is 2. The normalized spacial score (nSPS) is 15.3. The van der Waals surface area contributed by atoms with E-state index in [1.54, 1.807) is 7.11 Å². The van der Waals surface area contributed by atoms with E-state index in [0.717, 1.165) is 67.5 Å². The molecule has 140 valence electrons. The molecule has 0 spiro atoms. The molecule has 1 fully saturated rings. The van der Waals surface area contributed by atoms with Crippen molar-refractivity contribution in [2.24, 2.45) is 0 Å². The molecule has 1 heterocycles. The van der Waals surface area contributed by atoms with Gasteiger partial charge < -0.3 is 15.4 Å². The Morgan fingerprint density at radius 2 is 1.88 bits per heavy atom. The lowest BCUT2D eigenvalue weighted by Crippen LogP contribution is -2.46. The van der Waals surface area contributed by atoms with Gasteiger partial charge in [0.1, 0.15) is 5.75 Å². The summed E-state index contributed by atoms with van der Waals surface area (Å²) < 4.78 is 5.49. The number of piperazine rings is 1. The number of hydrogen-bond donors (Lipinski definition) is 2. The summed E-state index contributed by atoms with van der Waals surface area (Å²) >= 11 is 10.5. The largest absolute Gasteiger partial charge is 0.495 e. The van der Waals surface area contributed by atoms with Crippen LogP contribution in [0.2, 0.25) is 5.02 Å². The van der Waals surface area contributed by atoms with Gasteiger partial charge in [0.2, 0.25) is 0 Å². The van der Waals surface area contributed by atoms with Crippen molar-refractivity contribution in [3.05, 3.63) is 47.0 Å². The fourth-order valence-electron chi connectivity index (χ4n) is 3.50. The second-order valence-electron chi connectivity index (χ2n) is 6.60. The second kappa shape index (κ2) is 8.89. The maximum absolute atomic E-state index is 6.09. The quantitative estimate of drug-likeness (QED) is 0.577. The second-order valence-corrected chi connectivity index (χ2v) is 7.52. The van der Waals surface area contributed by atoms with Crippen LogP contribution in [0, 0.1) is 0 Å². The van der Waals surface area contributed by atoms with Crippen molar-refractivity contribution in [1.29, 1.82) is 0 Å². The fraction of sp³-hybridized carbons (Fsp3) is 0.400. The van der Waals surface area contributed by atoms with Crippen LogP contribution >= 0.6 is 24.2 Å². The Balaban J connectivity index is 1.49. The zero-order chi connectivity index (χ0) is 18.5. The number of ether oxygens (including phenoxy) is 1. The Kier molecular flexibility index (Phi) is 6.57. The molecule has 0 bridgehead atoms. The Morgan fingerprint density at radius 3 is 2.58 bits per heavy atom. The van der Waals surface area contributed by atoms with Gasteiger partial charge in [-0.25, -0.2) is 0 Å². The monoisotopic (exact) mass is 391 g/mol. The summed E-state index contributed by atoms with van der Waals surface area (Å²) in [5.74, 6) is 0.945. The van der Waals surface area contributed by atoms with Crippen molar-refractivity contribution in [3.8, 4) is 5.75 Å². The van der Waals surface area contributed by atoms with Gasteiger partial charge in [-0.2, -0.15) is 0 Å². The lowest BCUT2D eigenvalue weighted by molar-refractivity contribution is 0.254. The number of nitrogens with zero attached hydrogens (tertiary/aromatic N) is 2. The Hall–Kier alpha value is -1.56. The van der Waals surface area contributed by atoms with E-state index in [-0.39, 0.29) is 0 Å². The molecule has 2 aromatic carbocycles. The lowest BCUT2D eigenvalue weighted by atomic mass is 10.1. The zero-order valence-corrected chi connectivity index (χ0v) is 16.8. The Morgan fingerprint density at radius 1 is 1.15 bits per heavy atom. The molecular weight excluding hydrogens is 366 g/mol. The van der Waals surface area contributed by atoms with E-state index in [0.29, 0.717) is 5.02 Å². The number of nitrogen functional groups attached to an aromatic ring is 1. The number of hydrogen-bond acceptors (Lipinski definition) is 5. The van der Waals surface area contributed by atoms with Crippen molar-refractivity contribution in [1.82, 2.24) is 4.90 Å². The third-order valence-electron chi connectivity index (χ3n) is 4.92. The molecule has 26 heavy (non-hydrogen) atoms. The zero-order valence-electron chi connectivity index (χ0n) is 15.1. The van der Waals surface area contributed by atoms with Crippen LogP contribution in [0.5, 0.6) is 5.75 Å². The first kappa shape index (κ1) is 19.2. The van der Waals surface area contributed by atoms with Crippen LogP contribution in [-0.4, -0.2) is 44.7 Å². The third kappa shape index (κ3) is 4.58. The highest BCUT2D eigenvalue weighted by molar-refractivity contribution is 7.80. The molecule has 3 rings (SSSR count). The van der Waals surface area contributed by atoms with Gasteiger partial charge in [0.15, 0.2) is 0 Å². The highest BCUT2D eigenvalue weighted by Crippen LogP contribution is 2.29. The van der Waals surface area contributed by atoms with Gasteiger partial charge in [-0.3, -0.25) is 4.90 Å². The highest BCUT2D eigenvalue weighted by atomic mass is 35.5. The summed E-state index contributed by atoms with van der Waals surface area (Å²) in [4.78, 5) is 5.80.